The fourth-order valence-electron chi connectivity index (χ4n) is 2.86. The van der Waals surface area contributed by atoms with Crippen LogP contribution in [0.15, 0.2) is 24.3 Å². The number of nitrogens with zero attached hydrogens (tertiary/aromatic N) is 2. The van der Waals surface area contributed by atoms with Crippen LogP contribution in [0.1, 0.15) is 25.8 Å². The SMILES string of the molecule is CC(C)N1CCN(Cc2ccccc2F)[C@@H](CCO)C1. The summed E-state index contributed by atoms with van der Waals surface area (Å²) in [5.74, 6) is -0.137. The van der Waals surface area contributed by atoms with E-state index in [1.165, 1.54) is 6.07 Å². The summed E-state index contributed by atoms with van der Waals surface area (Å²) in [5, 5.41) is 9.26. The summed E-state index contributed by atoms with van der Waals surface area (Å²) in [6.07, 6.45) is 0.748. The van der Waals surface area contributed by atoms with E-state index in [-0.39, 0.29) is 12.4 Å². The van der Waals surface area contributed by atoms with Crippen molar-refractivity contribution < 1.29 is 9.50 Å². The Morgan fingerprint density at radius 1 is 1.30 bits per heavy atom. The molecule has 1 aromatic carbocycles. The molecule has 20 heavy (non-hydrogen) atoms. The summed E-state index contributed by atoms with van der Waals surface area (Å²) in [5.41, 5.74) is 0.744. The van der Waals surface area contributed by atoms with Gasteiger partial charge in [0.15, 0.2) is 0 Å². The van der Waals surface area contributed by atoms with Gasteiger partial charge >= 0.3 is 0 Å². The first-order valence-electron chi connectivity index (χ1n) is 7.44. The van der Waals surface area contributed by atoms with Crippen LogP contribution in [0.25, 0.3) is 0 Å². The number of hydrogen-bond donors (Lipinski definition) is 1. The Bertz CT molecular complexity index is 425. The molecule has 0 aliphatic carbocycles. The molecular formula is C16H25FN2O. The molecule has 1 fully saturated rings. The number of halogens is 1. The maximum absolute atomic E-state index is 13.8. The minimum Gasteiger partial charge on any atom is -0.396 e. The van der Waals surface area contributed by atoms with Crippen molar-refractivity contribution in [2.45, 2.75) is 38.9 Å². The summed E-state index contributed by atoms with van der Waals surface area (Å²) < 4.78 is 13.8. The van der Waals surface area contributed by atoms with Gasteiger partial charge in [0.05, 0.1) is 0 Å². The third kappa shape index (κ3) is 3.78. The van der Waals surface area contributed by atoms with Crippen LogP contribution in [0, 0.1) is 5.82 Å². The topological polar surface area (TPSA) is 26.7 Å². The summed E-state index contributed by atoms with van der Waals surface area (Å²) in [6.45, 7) is 8.09. The lowest BCUT2D eigenvalue weighted by atomic mass is 10.1. The first-order valence-corrected chi connectivity index (χ1v) is 7.44. The van der Waals surface area contributed by atoms with Crippen molar-refractivity contribution in [3.8, 4) is 0 Å². The largest absolute Gasteiger partial charge is 0.396 e. The molecule has 4 heteroatoms. The molecule has 1 aliphatic heterocycles. The van der Waals surface area contributed by atoms with E-state index in [2.05, 4.69) is 23.6 Å². The second-order valence-corrected chi connectivity index (χ2v) is 5.82. The minimum atomic E-state index is -0.137. The summed E-state index contributed by atoms with van der Waals surface area (Å²) >= 11 is 0. The molecule has 1 heterocycles. The van der Waals surface area contributed by atoms with E-state index in [0.717, 1.165) is 31.6 Å². The lowest BCUT2D eigenvalue weighted by Gasteiger charge is -2.43. The smallest absolute Gasteiger partial charge is 0.127 e. The molecule has 2 rings (SSSR count). The summed E-state index contributed by atoms with van der Waals surface area (Å²) in [4.78, 5) is 4.73. The fourth-order valence-corrected chi connectivity index (χ4v) is 2.86. The number of benzene rings is 1. The van der Waals surface area contributed by atoms with Crippen LogP contribution in [0.5, 0.6) is 0 Å². The Morgan fingerprint density at radius 3 is 2.70 bits per heavy atom. The number of aliphatic hydroxyl groups is 1. The van der Waals surface area contributed by atoms with E-state index in [4.69, 9.17) is 0 Å². The molecule has 112 valence electrons. The quantitative estimate of drug-likeness (QED) is 0.895. The normalized spacial score (nSPS) is 21.6. The maximum atomic E-state index is 13.8. The van der Waals surface area contributed by atoms with Crippen LogP contribution in [-0.2, 0) is 6.54 Å². The molecule has 0 radical (unpaired) electrons. The second-order valence-electron chi connectivity index (χ2n) is 5.82. The Hall–Kier alpha value is -0.970. The second kappa shape index (κ2) is 7.16. The first kappa shape index (κ1) is 15.4. The predicted octanol–water partition coefficient (Wildman–Crippen LogP) is 2.10. The number of aliphatic hydroxyl groups excluding tert-OH is 1. The molecular weight excluding hydrogens is 255 g/mol. The van der Waals surface area contributed by atoms with Gasteiger partial charge in [-0.2, -0.15) is 0 Å². The number of rotatable bonds is 5. The molecule has 0 aromatic heterocycles. The van der Waals surface area contributed by atoms with Crippen molar-refractivity contribution in [2.24, 2.45) is 0 Å². The van der Waals surface area contributed by atoms with E-state index in [0.29, 0.717) is 18.6 Å². The molecule has 0 saturated carbocycles. The monoisotopic (exact) mass is 280 g/mol. The third-order valence-corrected chi connectivity index (χ3v) is 4.16. The van der Waals surface area contributed by atoms with E-state index in [1.54, 1.807) is 6.07 Å². The van der Waals surface area contributed by atoms with Crippen molar-refractivity contribution in [3.05, 3.63) is 35.6 Å². The molecule has 0 amide bonds. The Labute approximate surface area is 121 Å². The summed E-state index contributed by atoms with van der Waals surface area (Å²) in [6, 6.07) is 7.79. The average molecular weight is 280 g/mol. The van der Waals surface area contributed by atoms with Crippen molar-refractivity contribution >= 4 is 0 Å². The van der Waals surface area contributed by atoms with Crippen LogP contribution in [0.4, 0.5) is 4.39 Å². The van der Waals surface area contributed by atoms with Gasteiger partial charge in [0.1, 0.15) is 5.82 Å². The van der Waals surface area contributed by atoms with Gasteiger partial charge in [0.25, 0.3) is 0 Å². The number of piperazine rings is 1. The van der Waals surface area contributed by atoms with Crippen molar-refractivity contribution in [1.29, 1.82) is 0 Å². The lowest BCUT2D eigenvalue weighted by Crippen LogP contribution is -2.54. The van der Waals surface area contributed by atoms with E-state index in [1.807, 2.05) is 12.1 Å². The van der Waals surface area contributed by atoms with Crippen LogP contribution in [0.2, 0.25) is 0 Å². The van der Waals surface area contributed by atoms with Gasteiger partial charge in [0.2, 0.25) is 0 Å². The highest BCUT2D eigenvalue weighted by atomic mass is 19.1. The fraction of sp³-hybridized carbons (Fsp3) is 0.625. The van der Waals surface area contributed by atoms with Gasteiger partial charge in [-0.25, -0.2) is 4.39 Å². The highest BCUT2D eigenvalue weighted by Crippen LogP contribution is 2.19. The van der Waals surface area contributed by atoms with Gasteiger partial charge < -0.3 is 5.11 Å². The Balaban J connectivity index is 2.04. The predicted molar refractivity (Wildman–Crippen MR) is 79.0 cm³/mol. The lowest BCUT2D eigenvalue weighted by molar-refractivity contribution is 0.0383. The van der Waals surface area contributed by atoms with E-state index in [9.17, 15) is 9.50 Å². The molecule has 0 bridgehead atoms. The zero-order valence-corrected chi connectivity index (χ0v) is 12.4. The van der Waals surface area contributed by atoms with Crippen LogP contribution >= 0.6 is 0 Å². The standard InChI is InChI=1S/C16H25FN2O/c1-13(2)18-8-9-19(15(12-18)7-10-20)11-14-5-3-4-6-16(14)17/h3-6,13,15,20H,7-12H2,1-2H3/t15-/m0/s1. The van der Waals surface area contributed by atoms with Gasteiger partial charge in [-0.05, 0) is 26.3 Å². The first-order chi connectivity index (χ1) is 9.61. The molecule has 0 spiro atoms. The van der Waals surface area contributed by atoms with Crippen molar-refractivity contribution in [1.82, 2.24) is 9.80 Å². The molecule has 1 aliphatic rings. The molecule has 1 aromatic rings. The van der Waals surface area contributed by atoms with Crippen LogP contribution in [-0.4, -0.2) is 53.2 Å². The molecule has 1 atom stereocenters. The van der Waals surface area contributed by atoms with Gasteiger partial charge in [-0.15, -0.1) is 0 Å². The summed E-state index contributed by atoms with van der Waals surface area (Å²) in [7, 11) is 0. The molecule has 1 N–H and O–H groups in total. The molecule has 3 nitrogen and oxygen atoms in total. The minimum absolute atomic E-state index is 0.137. The molecule has 1 saturated heterocycles. The van der Waals surface area contributed by atoms with Crippen molar-refractivity contribution in [2.75, 3.05) is 26.2 Å². The van der Waals surface area contributed by atoms with Gasteiger partial charge in [-0.3, -0.25) is 9.80 Å². The van der Waals surface area contributed by atoms with E-state index >= 15 is 0 Å². The zero-order chi connectivity index (χ0) is 14.5. The number of hydrogen-bond acceptors (Lipinski definition) is 3. The molecule has 0 unspecified atom stereocenters. The Kier molecular flexibility index (Phi) is 5.52. The van der Waals surface area contributed by atoms with Gasteiger partial charge in [-0.1, -0.05) is 18.2 Å². The van der Waals surface area contributed by atoms with Crippen molar-refractivity contribution in [3.63, 3.8) is 0 Å². The third-order valence-electron chi connectivity index (χ3n) is 4.16. The van der Waals surface area contributed by atoms with Crippen LogP contribution in [0.3, 0.4) is 0 Å². The highest BCUT2D eigenvalue weighted by molar-refractivity contribution is 5.17. The van der Waals surface area contributed by atoms with Crippen LogP contribution < -0.4 is 0 Å². The Morgan fingerprint density at radius 2 is 2.05 bits per heavy atom. The highest BCUT2D eigenvalue weighted by Gasteiger charge is 2.28. The maximum Gasteiger partial charge on any atom is 0.127 e. The average Bonchev–Trinajstić information content (AvgIpc) is 2.43. The zero-order valence-electron chi connectivity index (χ0n) is 12.4. The van der Waals surface area contributed by atoms with Gasteiger partial charge in [0, 0.05) is 50.4 Å². The van der Waals surface area contributed by atoms with E-state index < -0.39 is 0 Å².